The van der Waals surface area contributed by atoms with Crippen LogP contribution >= 0.6 is 0 Å². The molecule has 1 saturated heterocycles. The molecule has 1 N–H and O–H groups in total. The lowest BCUT2D eigenvalue weighted by molar-refractivity contribution is -0.129. The number of anilines is 1. The summed E-state index contributed by atoms with van der Waals surface area (Å²) in [6.07, 6.45) is 5.98. The van der Waals surface area contributed by atoms with Gasteiger partial charge in [0.15, 0.2) is 0 Å². The van der Waals surface area contributed by atoms with Crippen molar-refractivity contribution in [3.8, 4) is 0 Å². The minimum Gasteiger partial charge on any atom is -0.339 e. The first-order valence-electron chi connectivity index (χ1n) is 9.29. The molecule has 130 valence electrons. The molecule has 24 heavy (non-hydrogen) atoms. The first-order valence-corrected chi connectivity index (χ1v) is 9.29. The van der Waals surface area contributed by atoms with E-state index in [2.05, 4.69) is 25.2 Å². The van der Waals surface area contributed by atoms with Gasteiger partial charge in [0.05, 0.1) is 5.92 Å². The number of rotatable bonds is 5. The zero-order valence-corrected chi connectivity index (χ0v) is 14.8. The van der Waals surface area contributed by atoms with E-state index in [0.29, 0.717) is 24.9 Å². The molecule has 1 saturated carbocycles. The van der Waals surface area contributed by atoms with Crippen LogP contribution in [0.1, 0.15) is 63.9 Å². The number of hydrogen-bond acceptors (Lipinski definition) is 2. The van der Waals surface area contributed by atoms with Gasteiger partial charge in [-0.2, -0.15) is 0 Å². The summed E-state index contributed by atoms with van der Waals surface area (Å²) >= 11 is 0. The predicted molar refractivity (Wildman–Crippen MR) is 95.9 cm³/mol. The summed E-state index contributed by atoms with van der Waals surface area (Å²) in [6, 6.07) is 8.37. The monoisotopic (exact) mass is 328 g/mol. The van der Waals surface area contributed by atoms with E-state index in [1.165, 1.54) is 18.4 Å². The number of likely N-dealkylation sites (tertiary alicyclic amines) is 1. The second kappa shape index (κ2) is 7.37. The number of carbonyl (C=O) groups is 2. The van der Waals surface area contributed by atoms with Gasteiger partial charge in [-0.15, -0.1) is 0 Å². The average molecular weight is 328 g/mol. The number of hydrogen-bond donors (Lipinski definition) is 1. The van der Waals surface area contributed by atoms with Gasteiger partial charge in [0.25, 0.3) is 0 Å². The molecule has 3 rings (SSSR count). The molecule has 2 atom stereocenters. The van der Waals surface area contributed by atoms with Crippen molar-refractivity contribution < 1.29 is 9.59 Å². The highest BCUT2D eigenvalue weighted by atomic mass is 16.2. The molecule has 2 aliphatic rings. The topological polar surface area (TPSA) is 49.4 Å². The van der Waals surface area contributed by atoms with E-state index in [1.807, 2.05) is 23.1 Å². The number of nitrogens with zero attached hydrogens (tertiary/aromatic N) is 1. The Morgan fingerprint density at radius 2 is 2.00 bits per heavy atom. The fourth-order valence-corrected chi connectivity index (χ4v) is 3.97. The van der Waals surface area contributed by atoms with Crippen LogP contribution in [0.2, 0.25) is 0 Å². The lowest BCUT2D eigenvalue weighted by Crippen LogP contribution is -2.35. The minimum absolute atomic E-state index is 0.0143. The summed E-state index contributed by atoms with van der Waals surface area (Å²) in [5, 5.41) is 3.08. The SMILES string of the molecule is CC[C@H](C)c1ccccc1NC(=O)[C@H]1CC(=O)N(C2CCCC2)C1. The highest BCUT2D eigenvalue weighted by Gasteiger charge is 2.38. The molecule has 1 heterocycles. The summed E-state index contributed by atoms with van der Waals surface area (Å²) in [7, 11) is 0. The third kappa shape index (κ3) is 3.47. The van der Waals surface area contributed by atoms with Crippen LogP contribution < -0.4 is 5.32 Å². The number of amides is 2. The maximum atomic E-state index is 12.7. The summed E-state index contributed by atoms with van der Waals surface area (Å²) in [4.78, 5) is 26.9. The Morgan fingerprint density at radius 3 is 2.71 bits per heavy atom. The fourth-order valence-electron chi connectivity index (χ4n) is 3.97. The zero-order chi connectivity index (χ0) is 17.1. The first-order chi connectivity index (χ1) is 11.6. The van der Waals surface area contributed by atoms with Crippen molar-refractivity contribution >= 4 is 17.5 Å². The third-order valence-corrected chi connectivity index (χ3v) is 5.66. The van der Waals surface area contributed by atoms with E-state index in [9.17, 15) is 9.59 Å². The van der Waals surface area contributed by atoms with Crippen molar-refractivity contribution in [2.75, 3.05) is 11.9 Å². The smallest absolute Gasteiger partial charge is 0.229 e. The van der Waals surface area contributed by atoms with Crippen LogP contribution in [0.5, 0.6) is 0 Å². The van der Waals surface area contributed by atoms with Crippen molar-refractivity contribution in [3.05, 3.63) is 29.8 Å². The summed E-state index contributed by atoms with van der Waals surface area (Å²) in [6.45, 7) is 4.91. The molecule has 0 unspecified atom stereocenters. The normalized spacial score (nSPS) is 22.8. The molecule has 0 spiro atoms. The van der Waals surface area contributed by atoms with Crippen molar-refractivity contribution in [1.29, 1.82) is 0 Å². The van der Waals surface area contributed by atoms with Crippen LogP contribution in [0, 0.1) is 5.92 Å². The summed E-state index contributed by atoms with van der Waals surface area (Å²) in [5.74, 6) is 0.321. The Labute approximate surface area is 144 Å². The van der Waals surface area contributed by atoms with Crippen LogP contribution in [0.25, 0.3) is 0 Å². The minimum atomic E-state index is -0.219. The number of para-hydroxylation sites is 1. The highest BCUT2D eigenvalue weighted by molar-refractivity contribution is 5.97. The second-order valence-electron chi connectivity index (χ2n) is 7.27. The molecule has 1 aliphatic carbocycles. The lowest BCUT2D eigenvalue weighted by atomic mass is 9.96. The van der Waals surface area contributed by atoms with Gasteiger partial charge in [0.1, 0.15) is 0 Å². The molecule has 2 amide bonds. The van der Waals surface area contributed by atoms with Gasteiger partial charge < -0.3 is 10.2 Å². The second-order valence-corrected chi connectivity index (χ2v) is 7.27. The van der Waals surface area contributed by atoms with E-state index < -0.39 is 0 Å². The van der Waals surface area contributed by atoms with Gasteiger partial charge in [-0.25, -0.2) is 0 Å². The van der Waals surface area contributed by atoms with Gasteiger partial charge in [0.2, 0.25) is 11.8 Å². The Morgan fingerprint density at radius 1 is 1.29 bits per heavy atom. The zero-order valence-electron chi connectivity index (χ0n) is 14.8. The van der Waals surface area contributed by atoms with E-state index in [0.717, 1.165) is 24.9 Å². The standard InChI is InChI=1S/C20H28N2O2/c1-3-14(2)17-10-6-7-11-18(17)21-20(24)15-12-19(23)22(13-15)16-8-4-5-9-16/h6-7,10-11,14-16H,3-5,8-9,12-13H2,1-2H3,(H,21,24)/t14-,15-/m0/s1. The molecular weight excluding hydrogens is 300 g/mol. The Bertz CT molecular complexity index is 607. The summed E-state index contributed by atoms with van der Waals surface area (Å²) in [5.41, 5.74) is 2.06. The van der Waals surface area contributed by atoms with Gasteiger partial charge in [-0.3, -0.25) is 9.59 Å². The maximum Gasteiger partial charge on any atom is 0.229 e. The molecule has 0 bridgehead atoms. The number of carbonyl (C=O) groups excluding carboxylic acids is 2. The largest absolute Gasteiger partial charge is 0.339 e. The Kier molecular flexibility index (Phi) is 5.22. The van der Waals surface area contributed by atoms with Gasteiger partial charge in [-0.05, 0) is 36.8 Å². The molecule has 1 aliphatic heterocycles. The van der Waals surface area contributed by atoms with Crippen molar-refractivity contribution in [1.82, 2.24) is 4.90 Å². The van der Waals surface area contributed by atoms with E-state index in [4.69, 9.17) is 0 Å². The highest BCUT2D eigenvalue weighted by Crippen LogP contribution is 2.31. The quantitative estimate of drug-likeness (QED) is 0.890. The predicted octanol–water partition coefficient (Wildman–Crippen LogP) is 3.93. The van der Waals surface area contributed by atoms with Crippen LogP contribution in [-0.2, 0) is 9.59 Å². The van der Waals surface area contributed by atoms with Crippen LogP contribution in [-0.4, -0.2) is 29.3 Å². The molecule has 0 radical (unpaired) electrons. The molecular formula is C20H28N2O2. The van der Waals surface area contributed by atoms with Gasteiger partial charge in [0, 0.05) is 24.7 Å². The van der Waals surface area contributed by atoms with Crippen molar-refractivity contribution in [2.24, 2.45) is 5.92 Å². The molecule has 0 aromatic heterocycles. The molecule has 2 fully saturated rings. The van der Waals surface area contributed by atoms with E-state index in [-0.39, 0.29) is 17.7 Å². The Hall–Kier alpha value is -1.84. The van der Waals surface area contributed by atoms with E-state index >= 15 is 0 Å². The van der Waals surface area contributed by atoms with Crippen LogP contribution in [0.4, 0.5) is 5.69 Å². The maximum absolute atomic E-state index is 12.7. The van der Waals surface area contributed by atoms with Crippen molar-refractivity contribution in [3.63, 3.8) is 0 Å². The van der Waals surface area contributed by atoms with Crippen molar-refractivity contribution in [2.45, 2.75) is 64.3 Å². The summed E-state index contributed by atoms with van der Waals surface area (Å²) < 4.78 is 0. The lowest BCUT2D eigenvalue weighted by Gasteiger charge is -2.24. The average Bonchev–Trinajstić information content (AvgIpc) is 3.24. The Balaban J connectivity index is 1.67. The van der Waals surface area contributed by atoms with Gasteiger partial charge in [-0.1, -0.05) is 44.9 Å². The number of nitrogens with one attached hydrogen (secondary N) is 1. The molecule has 1 aromatic carbocycles. The van der Waals surface area contributed by atoms with Gasteiger partial charge >= 0.3 is 0 Å². The molecule has 4 nitrogen and oxygen atoms in total. The molecule has 4 heteroatoms. The third-order valence-electron chi connectivity index (χ3n) is 5.66. The van der Waals surface area contributed by atoms with Crippen LogP contribution in [0.15, 0.2) is 24.3 Å². The van der Waals surface area contributed by atoms with E-state index in [1.54, 1.807) is 0 Å². The number of benzene rings is 1. The molecule has 1 aromatic rings. The fraction of sp³-hybridized carbons (Fsp3) is 0.600. The van der Waals surface area contributed by atoms with Crippen LogP contribution in [0.3, 0.4) is 0 Å². The first kappa shape index (κ1) is 17.0.